The SMILES string of the molecule is CC(C)(C)OC(=O)N1CCC[C@H]1C(=O)NCc1ccc(C#N)cc1. The number of nitriles is 1. The van der Waals surface area contributed by atoms with Crippen LogP contribution in [0.1, 0.15) is 44.7 Å². The highest BCUT2D eigenvalue weighted by Gasteiger charge is 2.36. The average molecular weight is 329 g/mol. The second-order valence-electron chi connectivity index (χ2n) is 6.86. The fraction of sp³-hybridized carbons (Fsp3) is 0.500. The van der Waals surface area contributed by atoms with E-state index in [1.54, 1.807) is 45.0 Å². The number of ether oxygens (including phenoxy) is 1. The largest absolute Gasteiger partial charge is 0.444 e. The van der Waals surface area contributed by atoms with E-state index in [-0.39, 0.29) is 5.91 Å². The Bertz CT molecular complexity index is 641. The van der Waals surface area contributed by atoms with E-state index in [0.717, 1.165) is 12.0 Å². The summed E-state index contributed by atoms with van der Waals surface area (Å²) in [7, 11) is 0. The monoisotopic (exact) mass is 329 g/mol. The van der Waals surface area contributed by atoms with Crippen LogP contribution in [0.15, 0.2) is 24.3 Å². The maximum atomic E-state index is 12.4. The predicted octanol–water partition coefficient (Wildman–Crippen LogP) is 2.57. The summed E-state index contributed by atoms with van der Waals surface area (Å²) in [4.78, 5) is 26.1. The van der Waals surface area contributed by atoms with Crippen LogP contribution in [0.3, 0.4) is 0 Å². The molecule has 0 radical (unpaired) electrons. The Hall–Kier alpha value is -2.55. The summed E-state index contributed by atoms with van der Waals surface area (Å²) < 4.78 is 5.37. The third-order valence-electron chi connectivity index (χ3n) is 3.73. The summed E-state index contributed by atoms with van der Waals surface area (Å²) in [6, 6.07) is 8.60. The summed E-state index contributed by atoms with van der Waals surface area (Å²) in [5.74, 6) is -0.178. The molecular formula is C18H23N3O3. The summed E-state index contributed by atoms with van der Waals surface area (Å²) >= 11 is 0. The molecule has 6 heteroatoms. The van der Waals surface area contributed by atoms with Gasteiger partial charge in [0.1, 0.15) is 11.6 Å². The maximum Gasteiger partial charge on any atom is 0.410 e. The predicted molar refractivity (Wildman–Crippen MR) is 89.0 cm³/mol. The molecule has 1 aliphatic rings. The van der Waals surface area contributed by atoms with Crippen molar-refractivity contribution in [2.75, 3.05) is 6.54 Å². The smallest absolute Gasteiger partial charge is 0.410 e. The van der Waals surface area contributed by atoms with E-state index in [1.165, 1.54) is 4.90 Å². The van der Waals surface area contributed by atoms with Gasteiger partial charge in [0.15, 0.2) is 0 Å². The minimum atomic E-state index is -0.580. The minimum absolute atomic E-state index is 0.178. The molecule has 1 aromatic rings. The van der Waals surface area contributed by atoms with Gasteiger partial charge in [-0.25, -0.2) is 4.79 Å². The lowest BCUT2D eigenvalue weighted by atomic mass is 10.1. The second-order valence-corrected chi connectivity index (χ2v) is 6.86. The highest BCUT2D eigenvalue weighted by atomic mass is 16.6. The zero-order valence-corrected chi connectivity index (χ0v) is 14.3. The number of carbonyl (C=O) groups is 2. The van der Waals surface area contributed by atoms with Crippen molar-refractivity contribution in [1.29, 1.82) is 5.26 Å². The average Bonchev–Trinajstić information content (AvgIpc) is 3.01. The summed E-state index contributed by atoms with van der Waals surface area (Å²) in [6.07, 6.45) is 0.977. The molecule has 1 atom stereocenters. The number of amides is 2. The van der Waals surface area contributed by atoms with Gasteiger partial charge >= 0.3 is 6.09 Å². The Kier molecular flexibility index (Phi) is 5.45. The topological polar surface area (TPSA) is 82.4 Å². The first kappa shape index (κ1) is 17.8. The van der Waals surface area contributed by atoms with E-state index in [0.29, 0.717) is 25.1 Å². The molecule has 128 valence electrons. The third kappa shape index (κ3) is 4.72. The van der Waals surface area contributed by atoms with Crippen molar-refractivity contribution in [3.05, 3.63) is 35.4 Å². The van der Waals surface area contributed by atoms with Gasteiger partial charge in [0.05, 0.1) is 11.6 Å². The van der Waals surface area contributed by atoms with Crippen molar-refractivity contribution in [2.24, 2.45) is 0 Å². The Morgan fingerprint density at radius 2 is 2.00 bits per heavy atom. The van der Waals surface area contributed by atoms with E-state index >= 15 is 0 Å². The van der Waals surface area contributed by atoms with E-state index in [4.69, 9.17) is 10.00 Å². The molecule has 1 aliphatic heterocycles. The number of benzene rings is 1. The molecule has 1 saturated heterocycles. The van der Waals surface area contributed by atoms with Crippen molar-refractivity contribution in [2.45, 2.75) is 51.8 Å². The zero-order chi connectivity index (χ0) is 17.7. The summed E-state index contributed by atoms with van der Waals surface area (Å²) in [5, 5.41) is 11.6. The van der Waals surface area contributed by atoms with Gasteiger partial charge in [0.25, 0.3) is 0 Å². The fourth-order valence-electron chi connectivity index (χ4n) is 2.58. The van der Waals surface area contributed by atoms with E-state index in [2.05, 4.69) is 11.4 Å². The molecule has 1 heterocycles. The van der Waals surface area contributed by atoms with Gasteiger partial charge < -0.3 is 10.1 Å². The molecule has 6 nitrogen and oxygen atoms in total. The fourth-order valence-corrected chi connectivity index (χ4v) is 2.58. The highest BCUT2D eigenvalue weighted by molar-refractivity contribution is 5.86. The number of nitrogens with zero attached hydrogens (tertiary/aromatic N) is 2. The van der Waals surface area contributed by atoms with Crippen LogP contribution in [0, 0.1) is 11.3 Å². The van der Waals surface area contributed by atoms with Crippen molar-refractivity contribution < 1.29 is 14.3 Å². The number of hydrogen-bond acceptors (Lipinski definition) is 4. The summed E-state index contributed by atoms with van der Waals surface area (Å²) in [5.41, 5.74) is 0.907. The molecule has 0 unspecified atom stereocenters. The van der Waals surface area contributed by atoms with Gasteiger partial charge in [0.2, 0.25) is 5.91 Å². The molecule has 0 aliphatic carbocycles. The lowest BCUT2D eigenvalue weighted by Gasteiger charge is -2.28. The van der Waals surface area contributed by atoms with Crippen LogP contribution in [-0.2, 0) is 16.1 Å². The zero-order valence-electron chi connectivity index (χ0n) is 14.3. The van der Waals surface area contributed by atoms with E-state index < -0.39 is 17.7 Å². The first-order valence-corrected chi connectivity index (χ1v) is 8.06. The molecule has 0 aromatic heterocycles. The van der Waals surface area contributed by atoms with Crippen LogP contribution < -0.4 is 5.32 Å². The number of rotatable bonds is 3. The Labute approximate surface area is 142 Å². The summed E-state index contributed by atoms with van der Waals surface area (Å²) in [6.45, 7) is 6.32. The lowest BCUT2D eigenvalue weighted by molar-refractivity contribution is -0.125. The Morgan fingerprint density at radius 3 is 2.58 bits per heavy atom. The molecule has 1 aromatic carbocycles. The third-order valence-corrected chi connectivity index (χ3v) is 3.73. The molecular weight excluding hydrogens is 306 g/mol. The van der Waals surface area contributed by atoms with Crippen molar-refractivity contribution >= 4 is 12.0 Å². The van der Waals surface area contributed by atoms with E-state index in [9.17, 15) is 9.59 Å². The van der Waals surface area contributed by atoms with Crippen LogP contribution in [0.25, 0.3) is 0 Å². The van der Waals surface area contributed by atoms with E-state index in [1.807, 2.05) is 0 Å². The molecule has 1 fully saturated rings. The van der Waals surface area contributed by atoms with Crippen LogP contribution in [0.4, 0.5) is 4.79 Å². The molecule has 1 N–H and O–H groups in total. The number of hydrogen-bond donors (Lipinski definition) is 1. The Morgan fingerprint density at radius 1 is 1.33 bits per heavy atom. The lowest BCUT2D eigenvalue weighted by Crippen LogP contribution is -2.47. The maximum absolute atomic E-state index is 12.4. The van der Waals surface area contributed by atoms with Gasteiger partial charge in [-0.05, 0) is 51.3 Å². The van der Waals surface area contributed by atoms with Crippen molar-refractivity contribution in [3.8, 4) is 6.07 Å². The minimum Gasteiger partial charge on any atom is -0.444 e. The number of carbonyl (C=O) groups excluding carboxylic acids is 2. The normalized spacial score (nSPS) is 17.2. The van der Waals surface area contributed by atoms with Gasteiger partial charge in [-0.3, -0.25) is 9.69 Å². The Balaban J connectivity index is 1.93. The molecule has 24 heavy (non-hydrogen) atoms. The molecule has 0 saturated carbocycles. The highest BCUT2D eigenvalue weighted by Crippen LogP contribution is 2.21. The van der Waals surface area contributed by atoms with Crippen molar-refractivity contribution in [1.82, 2.24) is 10.2 Å². The van der Waals surface area contributed by atoms with Gasteiger partial charge in [-0.15, -0.1) is 0 Å². The number of likely N-dealkylation sites (tertiary alicyclic amines) is 1. The van der Waals surface area contributed by atoms with Crippen LogP contribution in [0.5, 0.6) is 0 Å². The molecule has 2 rings (SSSR count). The second kappa shape index (κ2) is 7.35. The number of nitrogens with one attached hydrogen (secondary N) is 1. The first-order chi connectivity index (χ1) is 11.3. The van der Waals surface area contributed by atoms with Crippen LogP contribution in [0.2, 0.25) is 0 Å². The molecule has 2 amide bonds. The molecule has 0 bridgehead atoms. The first-order valence-electron chi connectivity index (χ1n) is 8.06. The van der Waals surface area contributed by atoms with Gasteiger partial charge in [-0.1, -0.05) is 12.1 Å². The van der Waals surface area contributed by atoms with Crippen molar-refractivity contribution in [3.63, 3.8) is 0 Å². The standard InChI is InChI=1S/C18H23N3O3/c1-18(2,3)24-17(23)21-10-4-5-15(21)16(22)20-12-14-8-6-13(11-19)7-9-14/h6-9,15H,4-5,10,12H2,1-3H3,(H,20,22)/t15-/m0/s1. The quantitative estimate of drug-likeness (QED) is 0.924. The van der Waals surface area contributed by atoms with Crippen LogP contribution >= 0.6 is 0 Å². The molecule has 0 spiro atoms. The van der Waals surface area contributed by atoms with Gasteiger partial charge in [0, 0.05) is 13.1 Å². The van der Waals surface area contributed by atoms with Crippen LogP contribution in [-0.4, -0.2) is 35.1 Å². The van der Waals surface area contributed by atoms with Gasteiger partial charge in [-0.2, -0.15) is 5.26 Å².